The van der Waals surface area contributed by atoms with Crippen LogP contribution in [-0.2, 0) is 19.3 Å². The summed E-state index contributed by atoms with van der Waals surface area (Å²) in [6.07, 6.45) is 2.65. The molecule has 2 aliphatic rings. The van der Waals surface area contributed by atoms with Crippen molar-refractivity contribution in [3.63, 3.8) is 0 Å². The van der Waals surface area contributed by atoms with Gasteiger partial charge in [-0.05, 0) is 235 Å². The molecule has 8 aromatic carbocycles. The van der Waals surface area contributed by atoms with Gasteiger partial charge in [0.05, 0.1) is 49.8 Å². The zero-order valence-electron chi connectivity index (χ0n) is 69.9. The Hall–Kier alpha value is -4.93. The van der Waals surface area contributed by atoms with Crippen molar-refractivity contribution >= 4 is 93.1 Å². The van der Waals surface area contributed by atoms with E-state index < -0.39 is 40.9 Å². The second-order valence-corrected chi connectivity index (χ2v) is 26.0. The molecule has 4 atom stereocenters. The van der Waals surface area contributed by atoms with Crippen LogP contribution in [0.1, 0.15) is 122 Å². The second kappa shape index (κ2) is 43.8. The van der Waals surface area contributed by atoms with Crippen LogP contribution in [0.25, 0.3) is 10.8 Å². The predicted octanol–water partition coefficient (Wildman–Crippen LogP) is 22.6. The minimum absolute atomic E-state index is 0.486. The average Bonchev–Trinajstić information content (AvgIpc) is 1.79. The van der Waals surface area contributed by atoms with Crippen molar-refractivity contribution in [2.45, 2.75) is 134 Å². The third-order valence-electron chi connectivity index (χ3n) is 13.4. The quantitative estimate of drug-likeness (QED) is 0.0570. The van der Waals surface area contributed by atoms with E-state index in [2.05, 4.69) is 25.1 Å². The van der Waals surface area contributed by atoms with Gasteiger partial charge in [0.25, 0.3) is 0 Å². The van der Waals surface area contributed by atoms with Crippen LogP contribution >= 0.6 is 82.3 Å². The Morgan fingerprint density at radius 1 is 0.472 bits per heavy atom. The maximum absolute atomic E-state index is 7.61. The summed E-state index contributed by atoms with van der Waals surface area (Å²) in [5, 5.41) is 1.95. The molecule has 0 fully saturated rings. The van der Waals surface area contributed by atoms with Gasteiger partial charge in [0.1, 0.15) is 40.2 Å². The summed E-state index contributed by atoms with van der Waals surface area (Å²) in [5.74, 6) is 5.70. The van der Waals surface area contributed by atoms with E-state index in [1.54, 1.807) is 69.7 Å². The Balaban J connectivity index is 0.000000260. The molecule has 0 amide bonds. The van der Waals surface area contributed by atoms with Gasteiger partial charge in [0.15, 0.2) is 0 Å². The fourth-order valence-electron chi connectivity index (χ4n) is 9.26. The number of para-hydroxylation sites is 2. The van der Waals surface area contributed by atoms with Gasteiger partial charge in [0, 0.05) is 56.2 Å². The summed E-state index contributed by atoms with van der Waals surface area (Å²) in [7, 11) is 11.2. The zero-order chi connectivity index (χ0) is 78.9. The van der Waals surface area contributed by atoms with E-state index in [1.165, 1.54) is 84.7 Å². The third kappa shape index (κ3) is 25.9. The van der Waals surface area contributed by atoms with E-state index in [0.717, 1.165) is 170 Å². The van der Waals surface area contributed by atoms with E-state index in [-0.39, 0.29) is 0 Å². The Bertz CT molecular complexity index is 3950. The third-order valence-corrected chi connectivity index (χ3v) is 18.2. The minimum Gasteiger partial charge on any atom is -0.497 e. The second-order valence-electron chi connectivity index (χ2n) is 19.4. The van der Waals surface area contributed by atoms with Crippen LogP contribution in [0, 0.1) is 13.8 Å². The molecular formula is C75H98O7S7. The van der Waals surface area contributed by atoms with Gasteiger partial charge in [0.2, 0.25) is 0 Å². The summed E-state index contributed by atoms with van der Waals surface area (Å²) >= 11 is 7.78. The highest BCUT2D eigenvalue weighted by molar-refractivity contribution is 8.00. The molecule has 0 aliphatic heterocycles. The monoisotopic (exact) mass is 1350 g/mol. The summed E-state index contributed by atoms with van der Waals surface area (Å²) in [6, 6.07) is 45.7. The number of hydrogen-bond acceptors (Lipinski definition) is 14. The molecule has 0 radical (unpaired) electrons. The Morgan fingerprint density at radius 3 is 1.62 bits per heavy atom. The molecular weight excluding hydrogens is 1240 g/mol. The molecule has 482 valence electrons. The number of ether oxygens (including phenoxy) is 7. The van der Waals surface area contributed by atoms with Crippen LogP contribution in [0.4, 0.5) is 0 Å². The topological polar surface area (TPSA) is 64.6 Å². The van der Waals surface area contributed by atoms with Crippen molar-refractivity contribution in [1.29, 1.82) is 0 Å². The van der Waals surface area contributed by atoms with E-state index in [9.17, 15) is 0 Å². The molecule has 0 N–H and O–H groups in total. The van der Waals surface area contributed by atoms with Crippen LogP contribution < -0.4 is 33.2 Å². The van der Waals surface area contributed by atoms with Crippen LogP contribution in [0.2, 0.25) is 0 Å². The van der Waals surface area contributed by atoms with Crippen LogP contribution in [-0.4, -0.2) is 90.7 Å². The number of hydrogen-bond donors (Lipinski definition) is 0. The lowest BCUT2D eigenvalue weighted by atomic mass is 9.84. The van der Waals surface area contributed by atoms with Crippen molar-refractivity contribution in [2.75, 3.05) is 90.7 Å². The molecule has 1 unspecified atom stereocenters. The first-order chi connectivity index (χ1) is 48.8. The summed E-state index contributed by atoms with van der Waals surface area (Å²) < 4.78 is 155. The fourth-order valence-corrected chi connectivity index (χ4v) is 13.4. The fraction of sp³-hybridized carbons (Fsp3) is 0.387. The van der Waals surface area contributed by atoms with Crippen molar-refractivity contribution in [3.05, 3.63) is 179 Å². The summed E-state index contributed by atoms with van der Waals surface area (Å²) in [4.78, 5) is 5.94. The molecule has 0 spiro atoms. The van der Waals surface area contributed by atoms with Crippen molar-refractivity contribution in [2.24, 2.45) is 0 Å². The molecule has 2 aliphatic carbocycles. The summed E-state index contributed by atoms with van der Waals surface area (Å²) in [5.41, 5.74) is 1.07. The first kappa shape index (κ1) is 54.6. The first-order valence-electron chi connectivity index (χ1n) is 36.6. The average molecular weight is 1350 g/mol. The smallest absolute Gasteiger partial charge is 0.132 e. The molecule has 14 heteroatoms. The normalized spacial score (nSPS) is 17.6. The Morgan fingerprint density at radius 2 is 1.03 bits per heavy atom. The van der Waals surface area contributed by atoms with Crippen LogP contribution in [0.5, 0.6) is 40.2 Å². The highest BCUT2D eigenvalue weighted by Crippen LogP contribution is 2.40. The van der Waals surface area contributed by atoms with Gasteiger partial charge < -0.3 is 33.2 Å². The molecule has 0 heterocycles. The van der Waals surface area contributed by atoms with Gasteiger partial charge in [-0.1, -0.05) is 95.6 Å². The maximum atomic E-state index is 7.61. The SMILES string of the molecule is [1H][13C@@]([2H])(C)Sc1cc2c(cc1OC)CCC2.[1H][13C@]([2H])(C)Sc1ccccc1OC.[1H][13C]([1H])([2H])Sc1cc(OC)cc2c1CCCC2C.[1H][13C]([2H])([2H])Sc1cc(OC)cc2ccc(C)cc12.[1H][C@@]([2H])(C)Sc1ccccc1OC.[2H][13C]([2H])(C)Sc1cc(C)cc(OC)c1.[2H][13C]([2H])(C)Sc1cccc(OC)c1. The van der Waals surface area contributed by atoms with Gasteiger partial charge in [-0.2, -0.15) is 0 Å². The highest BCUT2D eigenvalue weighted by atomic mass is 32.2. The van der Waals surface area contributed by atoms with Gasteiger partial charge in [-0.15, -0.1) is 82.3 Å². The number of benzene rings is 8. The standard InChI is InChI=1S/C13H14OS.C13H18OS.C12H16OS.C10H14OS.3C9H12OS/c1-9-4-5-10-7-11(14-2)8-13(15-3)12(10)6-9;1-9-5-4-6-11-12(9)7-10(14-2)8-13(11)15-3;1-3-14-12-8-10-6-4-5-9(10)7-11(12)13-2;1-4-12-10-6-8(2)5-9(7-10)11-3;1-3-11-9-6-4-5-8(7-9)10-2;2*1-3-11-9-7-5-4-6-8(9)10-2/h4-8H,1-3H3;7-9H,4-6H2,1-3H3;7-8H,3-6H2,1-2H3;5-7H,4H2,1-3H3;3*4-7H,3H2,1-2H3/i3+1D2H;3+1DH2;3+1DH;4+1D2;3+1D2;3+1DH;3DH/t;;3-;;;2*3-/m..1..01/s1. The van der Waals surface area contributed by atoms with E-state index >= 15 is 0 Å². The number of methoxy groups -OCH3 is 7. The first-order valence-corrected chi connectivity index (χ1v) is 34.4. The number of rotatable bonds is 19. The largest absolute Gasteiger partial charge is 0.497 e. The van der Waals surface area contributed by atoms with E-state index in [0.29, 0.717) is 11.7 Å². The van der Waals surface area contributed by atoms with Crippen molar-refractivity contribution in [3.8, 4) is 40.2 Å². The van der Waals surface area contributed by atoms with Crippen LogP contribution in [0.15, 0.2) is 180 Å². The van der Waals surface area contributed by atoms with Gasteiger partial charge in [-0.3, -0.25) is 0 Å². The maximum Gasteiger partial charge on any atom is 0.132 e. The lowest BCUT2D eigenvalue weighted by Gasteiger charge is -2.25. The number of aryl methyl sites for hydroxylation is 4. The van der Waals surface area contributed by atoms with Gasteiger partial charge in [-0.25, -0.2) is 0 Å². The Kier molecular flexibility index (Phi) is 26.9. The highest BCUT2D eigenvalue weighted by Gasteiger charge is 2.20. The number of fused-ring (bicyclic) bond motifs is 3. The lowest BCUT2D eigenvalue weighted by Crippen LogP contribution is -2.08. The van der Waals surface area contributed by atoms with Crippen LogP contribution in [0.3, 0.4) is 0 Å². The minimum atomic E-state index is -2.05. The molecule has 8 aromatic rings. The zero-order valence-corrected chi connectivity index (χ0v) is 59.6. The molecule has 89 heavy (non-hydrogen) atoms. The van der Waals surface area contributed by atoms with Crippen molar-refractivity contribution in [1.82, 2.24) is 0 Å². The molecule has 10 rings (SSSR count). The molecule has 7 nitrogen and oxygen atoms in total. The number of thioether (sulfide) groups is 7. The summed E-state index contributed by atoms with van der Waals surface area (Å²) in [6.45, 7) is 13.9. The molecule has 0 aromatic heterocycles. The Labute approximate surface area is 588 Å². The molecule has 0 saturated carbocycles. The van der Waals surface area contributed by atoms with Crippen molar-refractivity contribution < 1.29 is 55.1 Å². The van der Waals surface area contributed by atoms with E-state index in [4.69, 9.17) is 55.1 Å². The molecule has 0 saturated heterocycles. The van der Waals surface area contributed by atoms with E-state index in [1.807, 2.05) is 135 Å². The lowest BCUT2D eigenvalue weighted by molar-refractivity contribution is 0.404. The predicted molar refractivity (Wildman–Crippen MR) is 397 cm³/mol. The molecule has 0 bridgehead atoms. The van der Waals surface area contributed by atoms with Gasteiger partial charge >= 0.3 is 0 Å².